The lowest BCUT2D eigenvalue weighted by molar-refractivity contribution is 0.0948. The van der Waals surface area contributed by atoms with Crippen molar-refractivity contribution in [3.05, 3.63) is 34.9 Å². The largest absolute Gasteiger partial charge is 0.349 e. The molecule has 102 valence electrons. The van der Waals surface area contributed by atoms with Crippen LogP contribution in [0.25, 0.3) is 0 Å². The van der Waals surface area contributed by atoms with Crippen molar-refractivity contribution in [3.8, 4) is 0 Å². The third-order valence-electron chi connectivity index (χ3n) is 4.25. The zero-order chi connectivity index (χ0) is 13.2. The van der Waals surface area contributed by atoms with Crippen LogP contribution in [0.3, 0.4) is 0 Å². The molecule has 1 amide bonds. The Morgan fingerprint density at radius 1 is 1.42 bits per heavy atom. The van der Waals surface area contributed by atoms with Crippen molar-refractivity contribution in [1.82, 2.24) is 10.6 Å². The maximum atomic E-state index is 12.2. The van der Waals surface area contributed by atoms with E-state index in [1.807, 2.05) is 12.1 Å². The van der Waals surface area contributed by atoms with Crippen LogP contribution in [0.5, 0.6) is 0 Å². The van der Waals surface area contributed by atoms with Crippen LogP contribution < -0.4 is 10.6 Å². The highest BCUT2D eigenvalue weighted by atomic mass is 16.1. The number of fused-ring (bicyclic) bond motifs is 1. The van der Waals surface area contributed by atoms with Gasteiger partial charge in [0.25, 0.3) is 5.91 Å². The molecule has 3 heteroatoms. The maximum absolute atomic E-state index is 12.2. The van der Waals surface area contributed by atoms with Crippen molar-refractivity contribution in [2.75, 3.05) is 6.54 Å². The first kappa shape index (κ1) is 12.7. The summed E-state index contributed by atoms with van der Waals surface area (Å²) < 4.78 is 0. The minimum Gasteiger partial charge on any atom is -0.349 e. The van der Waals surface area contributed by atoms with E-state index in [0.717, 1.165) is 31.5 Å². The Morgan fingerprint density at radius 2 is 2.32 bits per heavy atom. The summed E-state index contributed by atoms with van der Waals surface area (Å²) in [5, 5.41) is 6.50. The van der Waals surface area contributed by atoms with Crippen molar-refractivity contribution >= 4 is 5.91 Å². The molecular formula is C16H22N2O. The summed E-state index contributed by atoms with van der Waals surface area (Å²) in [7, 11) is 0. The van der Waals surface area contributed by atoms with Crippen LogP contribution in [0.4, 0.5) is 0 Å². The molecule has 19 heavy (non-hydrogen) atoms. The summed E-state index contributed by atoms with van der Waals surface area (Å²) in [6.07, 6.45) is 4.67. The van der Waals surface area contributed by atoms with Crippen LogP contribution in [-0.2, 0) is 13.0 Å². The van der Waals surface area contributed by atoms with Crippen LogP contribution >= 0.6 is 0 Å². The number of carbonyl (C=O) groups excluding carboxylic acids is 1. The SMILES string of the molecule is CCCC1CC1NC(=O)c1ccc2c(c1)CNCC2. The normalized spacial score (nSPS) is 24.7. The molecule has 0 aromatic heterocycles. The molecule has 1 heterocycles. The van der Waals surface area contributed by atoms with E-state index in [9.17, 15) is 4.79 Å². The fourth-order valence-corrected chi connectivity index (χ4v) is 2.99. The van der Waals surface area contributed by atoms with Crippen LogP contribution in [0.1, 0.15) is 47.7 Å². The molecule has 0 radical (unpaired) electrons. The van der Waals surface area contributed by atoms with Gasteiger partial charge in [0.1, 0.15) is 0 Å². The molecule has 1 aliphatic carbocycles. The van der Waals surface area contributed by atoms with E-state index in [1.54, 1.807) is 0 Å². The molecule has 2 aliphatic rings. The minimum absolute atomic E-state index is 0.0944. The standard InChI is InChI=1S/C16H22N2O/c1-2-3-12-9-15(12)18-16(19)13-5-4-11-6-7-17-10-14(11)8-13/h4-5,8,12,15,17H,2-3,6-7,9-10H2,1H3,(H,18,19). The zero-order valence-corrected chi connectivity index (χ0v) is 11.5. The molecule has 3 rings (SSSR count). The molecule has 1 aliphatic heterocycles. The maximum Gasteiger partial charge on any atom is 0.251 e. The molecule has 1 aromatic rings. The summed E-state index contributed by atoms with van der Waals surface area (Å²) in [6.45, 7) is 4.13. The van der Waals surface area contributed by atoms with Gasteiger partial charge in [-0.1, -0.05) is 19.4 Å². The first-order valence-corrected chi connectivity index (χ1v) is 7.41. The van der Waals surface area contributed by atoms with E-state index in [4.69, 9.17) is 0 Å². The number of benzene rings is 1. The molecule has 2 atom stereocenters. The summed E-state index contributed by atoms with van der Waals surface area (Å²) in [6, 6.07) is 6.55. The van der Waals surface area contributed by atoms with Crippen molar-refractivity contribution in [3.63, 3.8) is 0 Å². The highest BCUT2D eigenvalue weighted by Gasteiger charge is 2.37. The second kappa shape index (κ2) is 5.33. The van der Waals surface area contributed by atoms with E-state index in [0.29, 0.717) is 12.0 Å². The van der Waals surface area contributed by atoms with Crippen molar-refractivity contribution in [2.45, 2.75) is 45.2 Å². The second-order valence-electron chi connectivity index (χ2n) is 5.77. The number of nitrogens with one attached hydrogen (secondary N) is 2. The van der Waals surface area contributed by atoms with Crippen LogP contribution in [0.15, 0.2) is 18.2 Å². The van der Waals surface area contributed by atoms with E-state index in [2.05, 4.69) is 23.6 Å². The van der Waals surface area contributed by atoms with Gasteiger partial charge in [-0.15, -0.1) is 0 Å². The smallest absolute Gasteiger partial charge is 0.251 e. The Bertz CT molecular complexity index is 484. The van der Waals surface area contributed by atoms with Gasteiger partial charge >= 0.3 is 0 Å². The van der Waals surface area contributed by atoms with Gasteiger partial charge < -0.3 is 10.6 Å². The Balaban J connectivity index is 1.64. The molecule has 3 nitrogen and oxygen atoms in total. The number of amides is 1. The quantitative estimate of drug-likeness (QED) is 0.869. The number of rotatable bonds is 4. The summed E-state index contributed by atoms with van der Waals surface area (Å²) in [5.41, 5.74) is 3.47. The Kier molecular flexibility index (Phi) is 3.56. The van der Waals surface area contributed by atoms with Gasteiger partial charge in [0.05, 0.1) is 0 Å². The fraction of sp³-hybridized carbons (Fsp3) is 0.562. The number of carbonyl (C=O) groups is 1. The highest BCUT2D eigenvalue weighted by molar-refractivity contribution is 5.94. The molecule has 0 spiro atoms. The lowest BCUT2D eigenvalue weighted by Crippen LogP contribution is -2.28. The van der Waals surface area contributed by atoms with Gasteiger partial charge in [0.15, 0.2) is 0 Å². The van der Waals surface area contributed by atoms with Gasteiger partial charge in [-0.2, -0.15) is 0 Å². The van der Waals surface area contributed by atoms with Gasteiger partial charge in [0, 0.05) is 18.2 Å². The summed E-state index contributed by atoms with van der Waals surface area (Å²) >= 11 is 0. The van der Waals surface area contributed by atoms with Gasteiger partial charge in [-0.05, 0) is 55.0 Å². The fourth-order valence-electron chi connectivity index (χ4n) is 2.99. The molecule has 1 fully saturated rings. The van der Waals surface area contributed by atoms with Gasteiger partial charge in [0.2, 0.25) is 0 Å². The third-order valence-corrected chi connectivity index (χ3v) is 4.25. The average molecular weight is 258 g/mol. The molecule has 1 saturated carbocycles. The molecule has 0 saturated heterocycles. The topological polar surface area (TPSA) is 41.1 Å². The van der Waals surface area contributed by atoms with E-state index >= 15 is 0 Å². The molecule has 0 bridgehead atoms. The number of hydrogen-bond donors (Lipinski definition) is 2. The molecule has 2 N–H and O–H groups in total. The highest BCUT2D eigenvalue weighted by Crippen LogP contribution is 2.34. The van der Waals surface area contributed by atoms with Crippen molar-refractivity contribution in [2.24, 2.45) is 5.92 Å². The van der Waals surface area contributed by atoms with Crippen LogP contribution in [-0.4, -0.2) is 18.5 Å². The zero-order valence-electron chi connectivity index (χ0n) is 11.5. The predicted octanol–water partition coefficient (Wildman–Crippen LogP) is 2.25. The predicted molar refractivity (Wildman–Crippen MR) is 76.1 cm³/mol. The third kappa shape index (κ3) is 2.81. The molecule has 2 unspecified atom stereocenters. The van der Waals surface area contributed by atoms with Crippen molar-refractivity contribution in [1.29, 1.82) is 0 Å². The summed E-state index contributed by atoms with van der Waals surface area (Å²) in [5.74, 6) is 0.810. The van der Waals surface area contributed by atoms with Gasteiger partial charge in [-0.25, -0.2) is 0 Å². The minimum atomic E-state index is 0.0944. The lowest BCUT2D eigenvalue weighted by Gasteiger charge is -2.17. The van der Waals surface area contributed by atoms with Crippen molar-refractivity contribution < 1.29 is 4.79 Å². The van der Waals surface area contributed by atoms with E-state index in [1.165, 1.54) is 24.0 Å². The Hall–Kier alpha value is -1.35. The monoisotopic (exact) mass is 258 g/mol. The first-order chi connectivity index (χ1) is 9.28. The lowest BCUT2D eigenvalue weighted by atomic mass is 9.98. The molecule has 1 aromatic carbocycles. The van der Waals surface area contributed by atoms with E-state index in [-0.39, 0.29) is 5.91 Å². The number of hydrogen-bond acceptors (Lipinski definition) is 2. The van der Waals surface area contributed by atoms with Crippen LogP contribution in [0, 0.1) is 5.92 Å². The summed E-state index contributed by atoms with van der Waals surface area (Å²) in [4.78, 5) is 12.2. The first-order valence-electron chi connectivity index (χ1n) is 7.41. The van der Waals surface area contributed by atoms with Gasteiger partial charge in [-0.3, -0.25) is 4.79 Å². The van der Waals surface area contributed by atoms with E-state index < -0.39 is 0 Å². The van der Waals surface area contributed by atoms with Crippen LogP contribution in [0.2, 0.25) is 0 Å². The average Bonchev–Trinajstić information content (AvgIpc) is 3.16. The Morgan fingerprint density at radius 3 is 3.16 bits per heavy atom. The second-order valence-corrected chi connectivity index (χ2v) is 5.77. The Labute approximate surface area is 114 Å². The molecular weight excluding hydrogens is 236 g/mol.